The molecule has 0 saturated heterocycles. The number of carbonyl (C=O) groups is 2. The zero-order valence-corrected chi connectivity index (χ0v) is 23.4. The van der Waals surface area contributed by atoms with Crippen LogP contribution in [0.4, 0.5) is 5.69 Å². The minimum Gasteiger partial charge on any atom is -0.468 e. The van der Waals surface area contributed by atoms with Gasteiger partial charge < -0.3 is 4.42 Å². The van der Waals surface area contributed by atoms with Crippen molar-refractivity contribution in [3.05, 3.63) is 112 Å². The number of anilines is 1. The molecule has 0 unspecified atom stereocenters. The molecule has 2 amide bonds. The van der Waals surface area contributed by atoms with Gasteiger partial charge in [-0.15, -0.1) is 0 Å². The topological polar surface area (TPSA) is 164 Å². The lowest BCUT2D eigenvalue weighted by molar-refractivity contribution is 0.0846. The molecule has 1 aromatic heterocycles. The van der Waals surface area contributed by atoms with Gasteiger partial charge in [0.2, 0.25) is 10.0 Å². The molecule has 3 aromatic carbocycles. The second-order valence-electron chi connectivity index (χ2n) is 8.10. The molecule has 4 rings (SSSR count). The van der Waals surface area contributed by atoms with Gasteiger partial charge >= 0.3 is 0 Å². The predicted octanol–water partition coefficient (Wildman–Crippen LogP) is 3.94. The van der Waals surface area contributed by atoms with Crippen molar-refractivity contribution < 1.29 is 30.8 Å². The van der Waals surface area contributed by atoms with Gasteiger partial charge in [0.1, 0.15) is 10.7 Å². The molecule has 4 aromatic rings. The standard InChI is InChI=1S/C25H20Cl2N4O7S2/c26-18-7-9-19(10-8-18)31-39(34,35)21-5-1-3-16(13-21)24(32)29-30-25(33)17-6-11-22(27)23(14-17)40(36,37)28-15-20-4-2-12-38-20/h1-14,28,31H,15H2,(H,29,32)(H,30,33). The summed E-state index contributed by atoms with van der Waals surface area (Å²) in [6.07, 6.45) is 1.39. The molecule has 0 bridgehead atoms. The number of halogens is 2. The lowest BCUT2D eigenvalue weighted by Gasteiger charge is -2.12. The number of rotatable bonds is 9. The molecule has 0 aliphatic carbocycles. The second-order valence-corrected chi connectivity index (χ2v) is 12.4. The van der Waals surface area contributed by atoms with E-state index >= 15 is 0 Å². The Bertz CT molecular complexity index is 1760. The highest BCUT2D eigenvalue weighted by atomic mass is 35.5. The third-order valence-electron chi connectivity index (χ3n) is 5.29. The normalized spacial score (nSPS) is 11.6. The first-order chi connectivity index (χ1) is 18.9. The molecule has 40 heavy (non-hydrogen) atoms. The highest BCUT2D eigenvalue weighted by molar-refractivity contribution is 7.92. The summed E-state index contributed by atoms with van der Waals surface area (Å²) in [5.41, 5.74) is 4.42. The highest BCUT2D eigenvalue weighted by Gasteiger charge is 2.21. The molecule has 0 fully saturated rings. The summed E-state index contributed by atoms with van der Waals surface area (Å²) in [6.45, 7) is -0.137. The van der Waals surface area contributed by atoms with Crippen LogP contribution in [0.3, 0.4) is 0 Å². The maximum atomic E-state index is 12.8. The molecule has 0 atom stereocenters. The molecule has 208 valence electrons. The van der Waals surface area contributed by atoms with E-state index in [2.05, 4.69) is 20.3 Å². The SMILES string of the molecule is O=C(NNC(=O)c1ccc(Cl)c(S(=O)(=O)NCc2ccco2)c1)c1cccc(S(=O)(=O)Nc2ccc(Cl)cc2)c1. The zero-order chi connectivity index (χ0) is 28.9. The number of furan rings is 1. The van der Waals surface area contributed by atoms with Crippen LogP contribution in [-0.4, -0.2) is 28.6 Å². The first-order valence-corrected chi connectivity index (χ1v) is 15.0. The summed E-state index contributed by atoms with van der Waals surface area (Å²) in [7, 11) is -8.16. The van der Waals surface area contributed by atoms with Crippen molar-refractivity contribution in [2.45, 2.75) is 16.3 Å². The van der Waals surface area contributed by atoms with Crippen molar-refractivity contribution in [2.75, 3.05) is 4.72 Å². The number of sulfonamides is 2. The Morgan fingerprint density at radius 2 is 1.43 bits per heavy atom. The van der Waals surface area contributed by atoms with Crippen LogP contribution in [0, 0.1) is 0 Å². The average molecular weight is 623 g/mol. The van der Waals surface area contributed by atoms with Crippen LogP contribution < -0.4 is 20.3 Å². The Hall–Kier alpha value is -3.88. The lowest BCUT2D eigenvalue weighted by Crippen LogP contribution is -2.41. The maximum absolute atomic E-state index is 12.8. The van der Waals surface area contributed by atoms with E-state index in [0.29, 0.717) is 10.8 Å². The van der Waals surface area contributed by atoms with Gasteiger partial charge in [0.25, 0.3) is 21.8 Å². The highest BCUT2D eigenvalue weighted by Crippen LogP contribution is 2.23. The van der Waals surface area contributed by atoms with Crippen LogP contribution in [0.25, 0.3) is 0 Å². The van der Waals surface area contributed by atoms with Crippen LogP contribution in [0.1, 0.15) is 26.5 Å². The van der Waals surface area contributed by atoms with Crippen LogP contribution in [0.5, 0.6) is 0 Å². The Morgan fingerprint density at radius 3 is 2.08 bits per heavy atom. The fourth-order valence-corrected chi connectivity index (χ4v) is 6.05. The third-order valence-corrected chi connectivity index (χ3v) is 8.81. The van der Waals surface area contributed by atoms with Crippen molar-refractivity contribution >= 4 is 60.8 Å². The van der Waals surface area contributed by atoms with Gasteiger partial charge in [0.15, 0.2) is 0 Å². The van der Waals surface area contributed by atoms with E-state index in [1.807, 2.05) is 0 Å². The summed E-state index contributed by atoms with van der Waals surface area (Å²) in [5, 5.41) is 0.305. The van der Waals surface area contributed by atoms with Crippen LogP contribution in [0.2, 0.25) is 10.0 Å². The lowest BCUT2D eigenvalue weighted by atomic mass is 10.2. The van der Waals surface area contributed by atoms with Crippen LogP contribution in [-0.2, 0) is 26.6 Å². The number of nitrogens with one attached hydrogen (secondary N) is 4. The Balaban J connectivity index is 1.42. The van der Waals surface area contributed by atoms with Crippen molar-refractivity contribution in [3.63, 3.8) is 0 Å². The van der Waals surface area contributed by atoms with E-state index in [-0.39, 0.29) is 38.2 Å². The zero-order valence-electron chi connectivity index (χ0n) is 20.2. The minimum atomic E-state index is -4.12. The van der Waals surface area contributed by atoms with Gasteiger partial charge in [0, 0.05) is 21.8 Å². The van der Waals surface area contributed by atoms with E-state index in [0.717, 1.165) is 12.1 Å². The molecule has 0 radical (unpaired) electrons. The van der Waals surface area contributed by atoms with Gasteiger partial charge in [-0.1, -0.05) is 29.3 Å². The van der Waals surface area contributed by atoms with Gasteiger partial charge in [-0.05, 0) is 72.8 Å². The largest absolute Gasteiger partial charge is 0.468 e. The summed E-state index contributed by atoms with van der Waals surface area (Å²) < 4.78 is 60.7. The summed E-state index contributed by atoms with van der Waals surface area (Å²) in [5.74, 6) is -1.30. The number of amides is 2. The number of hydrogen-bond acceptors (Lipinski definition) is 7. The quantitative estimate of drug-likeness (QED) is 0.205. The number of carbonyl (C=O) groups excluding carboxylic acids is 2. The van der Waals surface area contributed by atoms with E-state index in [1.54, 1.807) is 12.1 Å². The van der Waals surface area contributed by atoms with E-state index in [1.165, 1.54) is 60.9 Å². The average Bonchev–Trinajstić information content (AvgIpc) is 3.46. The predicted molar refractivity (Wildman–Crippen MR) is 148 cm³/mol. The number of hydrogen-bond donors (Lipinski definition) is 4. The van der Waals surface area contributed by atoms with Crippen molar-refractivity contribution in [3.8, 4) is 0 Å². The molecule has 1 heterocycles. The molecule has 11 nitrogen and oxygen atoms in total. The molecule has 4 N–H and O–H groups in total. The molecular weight excluding hydrogens is 603 g/mol. The van der Waals surface area contributed by atoms with E-state index < -0.39 is 31.9 Å². The fourth-order valence-electron chi connectivity index (χ4n) is 3.30. The Kier molecular flexibility index (Phi) is 8.81. The fraction of sp³-hybridized carbons (Fsp3) is 0.0400. The third kappa shape index (κ3) is 7.20. The maximum Gasteiger partial charge on any atom is 0.269 e. The van der Waals surface area contributed by atoms with Crippen molar-refractivity contribution in [1.29, 1.82) is 0 Å². The minimum absolute atomic E-state index is 0.0687. The van der Waals surface area contributed by atoms with Crippen LogP contribution in [0.15, 0.2) is 99.3 Å². The van der Waals surface area contributed by atoms with Crippen molar-refractivity contribution in [1.82, 2.24) is 15.6 Å². The van der Waals surface area contributed by atoms with Crippen LogP contribution >= 0.6 is 23.2 Å². The van der Waals surface area contributed by atoms with E-state index in [9.17, 15) is 26.4 Å². The Morgan fingerprint density at radius 1 is 0.750 bits per heavy atom. The van der Waals surface area contributed by atoms with Gasteiger partial charge in [-0.2, -0.15) is 0 Å². The second kappa shape index (κ2) is 12.1. The molecule has 0 spiro atoms. The first-order valence-electron chi connectivity index (χ1n) is 11.3. The Labute approximate surface area is 239 Å². The molecule has 0 saturated carbocycles. The molecule has 0 aliphatic heterocycles. The number of hydrazine groups is 1. The van der Waals surface area contributed by atoms with Gasteiger partial charge in [-0.25, -0.2) is 21.6 Å². The molecular formula is C25H20Cl2N4O7S2. The number of benzene rings is 3. The van der Waals surface area contributed by atoms with Gasteiger partial charge in [0.05, 0.1) is 22.7 Å². The summed E-state index contributed by atoms with van der Waals surface area (Å²) in [6, 6.07) is 17.8. The molecule has 15 heteroatoms. The van der Waals surface area contributed by atoms with Gasteiger partial charge in [-0.3, -0.25) is 25.2 Å². The smallest absolute Gasteiger partial charge is 0.269 e. The summed E-state index contributed by atoms with van der Waals surface area (Å²) in [4.78, 5) is 24.7. The first kappa shape index (κ1) is 29.1. The monoisotopic (exact) mass is 622 g/mol. The van der Waals surface area contributed by atoms with E-state index in [4.69, 9.17) is 27.6 Å². The van der Waals surface area contributed by atoms with Crippen molar-refractivity contribution in [2.24, 2.45) is 0 Å². The summed E-state index contributed by atoms with van der Waals surface area (Å²) >= 11 is 11.9. The molecule has 0 aliphatic rings.